The Hall–Kier alpha value is -0.0800. The smallest absolute Gasteiger partial charge is 0.0692 e. The van der Waals surface area contributed by atoms with E-state index in [1.54, 1.807) is 0 Å². The highest BCUT2D eigenvalue weighted by Crippen LogP contribution is 2.24. The van der Waals surface area contributed by atoms with Crippen molar-refractivity contribution in [2.24, 2.45) is 0 Å². The molecule has 0 saturated heterocycles. The van der Waals surface area contributed by atoms with E-state index < -0.39 is 0 Å². The van der Waals surface area contributed by atoms with Crippen molar-refractivity contribution in [3.8, 4) is 0 Å². The summed E-state index contributed by atoms with van der Waals surface area (Å²) in [5.41, 5.74) is 2.57. The maximum atomic E-state index is 4.27. The van der Waals surface area contributed by atoms with Crippen LogP contribution in [0.2, 0.25) is 0 Å². The van der Waals surface area contributed by atoms with E-state index in [1.807, 2.05) is 0 Å². The molecule has 1 aromatic carbocycles. The molecule has 2 heteroatoms. The van der Waals surface area contributed by atoms with Crippen molar-refractivity contribution in [3.63, 3.8) is 0 Å². The van der Waals surface area contributed by atoms with Gasteiger partial charge in [0.1, 0.15) is 0 Å². The minimum atomic E-state index is 0.0433. The maximum absolute atomic E-state index is 4.27. The third kappa shape index (κ3) is 2.76. The number of aryl methyl sites for hydroxylation is 1. The molecular weight excluding hydrogens is 184 g/mol. The third-order valence-electron chi connectivity index (χ3n) is 1.79. The van der Waals surface area contributed by atoms with E-state index in [4.69, 9.17) is 0 Å². The molecule has 0 N–H and O–H groups in total. The molecule has 0 nitrogen and oxygen atoms in total. The van der Waals surface area contributed by atoms with Gasteiger partial charge in [-0.15, -0.1) is 0 Å². The fourth-order valence-corrected chi connectivity index (χ4v) is 1.52. The molecule has 12 heavy (non-hydrogen) atoms. The fourth-order valence-electron chi connectivity index (χ4n) is 1.20. The molecule has 0 spiro atoms. The second-order valence-electron chi connectivity index (χ2n) is 2.87. The lowest BCUT2D eigenvalue weighted by atomic mass is 10.1. The van der Waals surface area contributed by atoms with Gasteiger partial charge in [0.05, 0.1) is 4.58 Å². The Morgan fingerprint density at radius 2 is 2.08 bits per heavy atom. The van der Waals surface area contributed by atoms with Crippen molar-refractivity contribution in [1.29, 1.82) is 0 Å². The Morgan fingerprint density at radius 1 is 1.33 bits per heavy atom. The highest BCUT2D eigenvalue weighted by Gasteiger charge is 2.00. The Labute approximate surface area is 85.2 Å². The van der Waals surface area contributed by atoms with Gasteiger partial charge < -0.3 is 0 Å². The predicted octanol–water partition coefficient (Wildman–Crippen LogP) is 3.50. The molecule has 0 aliphatic heterocycles. The standard InChI is InChI=1S/C10H14S2/c1-2-4-8-5-3-6-9(7-8)10(11)12/h3,5-7,10-12H,2,4H2,1H3. The third-order valence-corrected chi connectivity index (χ3v) is 2.38. The van der Waals surface area contributed by atoms with E-state index in [2.05, 4.69) is 56.4 Å². The molecule has 0 bridgehead atoms. The molecule has 0 atom stereocenters. The van der Waals surface area contributed by atoms with Crippen LogP contribution in [-0.4, -0.2) is 0 Å². The van der Waals surface area contributed by atoms with Gasteiger partial charge in [-0.05, 0) is 17.5 Å². The van der Waals surface area contributed by atoms with Crippen molar-refractivity contribution in [2.45, 2.75) is 24.3 Å². The summed E-state index contributed by atoms with van der Waals surface area (Å²) in [5.74, 6) is 0. The fraction of sp³-hybridized carbons (Fsp3) is 0.400. The summed E-state index contributed by atoms with van der Waals surface area (Å²) in [7, 11) is 0. The summed E-state index contributed by atoms with van der Waals surface area (Å²) in [6.07, 6.45) is 2.33. The molecule has 0 fully saturated rings. The number of benzene rings is 1. The molecule has 66 valence electrons. The summed E-state index contributed by atoms with van der Waals surface area (Å²) in [6, 6.07) is 8.45. The molecule has 1 aromatic rings. The monoisotopic (exact) mass is 198 g/mol. The highest BCUT2D eigenvalue weighted by atomic mass is 32.2. The van der Waals surface area contributed by atoms with Gasteiger partial charge in [0.25, 0.3) is 0 Å². The van der Waals surface area contributed by atoms with Crippen LogP contribution in [0.3, 0.4) is 0 Å². The van der Waals surface area contributed by atoms with Crippen LogP contribution in [0, 0.1) is 0 Å². The first-order valence-corrected chi connectivity index (χ1v) is 5.22. The Kier molecular flexibility index (Phi) is 4.02. The Balaban J connectivity index is 2.81. The molecule has 0 saturated carbocycles. The van der Waals surface area contributed by atoms with Gasteiger partial charge in [-0.3, -0.25) is 0 Å². The summed E-state index contributed by atoms with van der Waals surface area (Å²) in [5, 5.41) is 0. The number of rotatable bonds is 3. The second kappa shape index (κ2) is 4.83. The van der Waals surface area contributed by atoms with Gasteiger partial charge in [0.15, 0.2) is 0 Å². The minimum Gasteiger partial charge on any atom is -0.160 e. The van der Waals surface area contributed by atoms with Crippen LogP contribution in [0.1, 0.15) is 29.1 Å². The van der Waals surface area contributed by atoms with Crippen LogP contribution >= 0.6 is 25.3 Å². The normalized spacial score (nSPS) is 10.7. The van der Waals surface area contributed by atoms with E-state index in [-0.39, 0.29) is 4.58 Å². The summed E-state index contributed by atoms with van der Waals surface area (Å²) in [4.78, 5) is 0. The van der Waals surface area contributed by atoms with Crippen molar-refractivity contribution in [1.82, 2.24) is 0 Å². The van der Waals surface area contributed by atoms with Gasteiger partial charge in [0.2, 0.25) is 0 Å². The van der Waals surface area contributed by atoms with Gasteiger partial charge in [-0.2, -0.15) is 25.3 Å². The summed E-state index contributed by atoms with van der Waals surface area (Å²) < 4.78 is 0.0433. The average Bonchev–Trinajstić information content (AvgIpc) is 2.05. The Bertz CT molecular complexity index is 243. The van der Waals surface area contributed by atoms with Crippen LogP contribution in [0.5, 0.6) is 0 Å². The van der Waals surface area contributed by atoms with Crippen LogP contribution < -0.4 is 0 Å². The zero-order valence-electron chi connectivity index (χ0n) is 7.20. The minimum absolute atomic E-state index is 0.0433. The van der Waals surface area contributed by atoms with Crippen LogP contribution in [0.4, 0.5) is 0 Å². The van der Waals surface area contributed by atoms with E-state index >= 15 is 0 Å². The quantitative estimate of drug-likeness (QED) is 0.539. The van der Waals surface area contributed by atoms with Crippen LogP contribution in [-0.2, 0) is 6.42 Å². The molecule has 0 unspecified atom stereocenters. The molecule has 0 aliphatic carbocycles. The molecule has 1 rings (SSSR count). The molecule has 0 amide bonds. The van der Waals surface area contributed by atoms with Gasteiger partial charge >= 0.3 is 0 Å². The zero-order valence-corrected chi connectivity index (χ0v) is 8.98. The second-order valence-corrected chi connectivity index (χ2v) is 4.31. The highest BCUT2D eigenvalue weighted by molar-refractivity contribution is 7.98. The maximum Gasteiger partial charge on any atom is 0.0692 e. The van der Waals surface area contributed by atoms with Crippen molar-refractivity contribution >= 4 is 25.3 Å². The largest absolute Gasteiger partial charge is 0.160 e. The van der Waals surface area contributed by atoms with Crippen molar-refractivity contribution < 1.29 is 0 Å². The lowest BCUT2D eigenvalue weighted by Crippen LogP contribution is -1.86. The van der Waals surface area contributed by atoms with Crippen LogP contribution in [0.25, 0.3) is 0 Å². The van der Waals surface area contributed by atoms with Gasteiger partial charge in [-0.25, -0.2) is 0 Å². The number of hydrogen-bond donors (Lipinski definition) is 2. The molecule has 0 aromatic heterocycles. The molecule has 0 radical (unpaired) electrons. The first-order valence-electron chi connectivity index (χ1n) is 4.19. The number of hydrogen-bond acceptors (Lipinski definition) is 2. The predicted molar refractivity (Wildman–Crippen MR) is 61.2 cm³/mol. The van der Waals surface area contributed by atoms with Crippen molar-refractivity contribution in [2.75, 3.05) is 0 Å². The number of thiol groups is 2. The van der Waals surface area contributed by atoms with E-state index in [1.165, 1.54) is 17.5 Å². The Morgan fingerprint density at radius 3 is 2.67 bits per heavy atom. The zero-order chi connectivity index (χ0) is 8.97. The van der Waals surface area contributed by atoms with Gasteiger partial charge in [0, 0.05) is 0 Å². The molecule has 0 heterocycles. The van der Waals surface area contributed by atoms with Crippen LogP contribution in [0.15, 0.2) is 24.3 Å². The average molecular weight is 198 g/mol. The first kappa shape index (κ1) is 10.0. The lowest BCUT2D eigenvalue weighted by Gasteiger charge is -2.05. The first-order chi connectivity index (χ1) is 5.74. The van der Waals surface area contributed by atoms with Crippen molar-refractivity contribution in [3.05, 3.63) is 35.4 Å². The van der Waals surface area contributed by atoms with E-state index in [0.29, 0.717) is 0 Å². The topological polar surface area (TPSA) is 0 Å². The lowest BCUT2D eigenvalue weighted by molar-refractivity contribution is 0.920. The van der Waals surface area contributed by atoms with E-state index in [0.717, 1.165) is 6.42 Å². The summed E-state index contributed by atoms with van der Waals surface area (Å²) >= 11 is 8.53. The molecular formula is C10H14S2. The van der Waals surface area contributed by atoms with Gasteiger partial charge in [-0.1, -0.05) is 37.6 Å². The van der Waals surface area contributed by atoms with E-state index in [9.17, 15) is 0 Å². The summed E-state index contributed by atoms with van der Waals surface area (Å²) in [6.45, 7) is 2.19. The SMILES string of the molecule is CCCc1cccc(C(S)S)c1. The molecule has 0 aliphatic rings.